The van der Waals surface area contributed by atoms with Gasteiger partial charge in [-0.1, -0.05) is 23.8 Å². The molecule has 1 aliphatic rings. The average Bonchev–Trinajstić information content (AvgIpc) is 2.69. The Kier molecular flexibility index (Phi) is 6.41. The maximum atomic E-state index is 12.6. The van der Waals surface area contributed by atoms with Crippen LogP contribution in [-0.2, 0) is 0 Å². The molecule has 0 atom stereocenters. The van der Waals surface area contributed by atoms with Crippen molar-refractivity contribution in [1.29, 1.82) is 0 Å². The van der Waals surface area contributed by atoms with Crippen molar-refractivity contribution in [2.75, 3.05) is 24.3 Å². The largest absolute Gasteiger partial charge is 0.495 e. The second kappa shape index (κ2) is 9.16. The van der Waals surface area contributed by atoms with Gasteiger partial charge in [0.15, 0.2) is 0 Å². The second-order valence-electron chi connectivity index (χ2n) is 6.66. The number of hydrogen-bond acceptors (Lipinski definition) is 5. The Morgan fingerprint density at radius 1 is 1.22 bits per heavy atom. The number of hydrogen-bond donors (Lipinski definition) is 2. The summed E-state index contributed by atoms with van der Waals surface area (Å²) in [4.78, 5) is 21.4. The van der Waals surface area contributed by atoms with Crippen LogP contribution in [0.2, 0.25) is 0 Å². The molecule has 1 amide bonds. The fraction of sp³-hybridized carbons (Fsp3) is 0.381. The van der Waals surface area contributed by atoms with Gasteiger partial charge < -0.3 is 15.4 Å². The van der Waals surface area contributed by atoms with Crippen LogP contribution < -0.4 is 15.4 Å². The molecule has 27 heavy (non-hydrogen) atoms. The van der Waals surface area contributed by atoms with Gasteiger partial charge in [0.25, 0.3) is 5.91 Å². The topological polar surface area (TPSA) is 76.1 Å². The summed E-state index contributed by atoms with van der Waals surface area (Å²) in [5.41, 5.74) is 3.18. The average molecular weight is 366 g/mol. The van der Waals surface area contributed by atoms with Crippen LogP contribution in [0.4, 0.5) is 11.6 Å². The van der Waals surface area contributed by atoms with Crippen molar-refractivity contribution in [1.82, 2.24) is 9.97 Å². The van der Waals surface area contributed by atoms with Gasteiger partial charge in [-0.15, -0.1) is 0 Å². The molecule has 0 saturated heterocycles. The van der Waals surface area contributed by atoms with Crippen molar-refractivity contribution in [2.24, 2.45) is 0 Å². The van der Waals surface area contributed by atoms with Crippen molar-refractivity contribution < 1.29 is 9.53 Å². The van der Waals surface area contributed by atoms with Crippen LogP contribution in [-0.4, -0.2) is 29.5 Å². The number of para-hydroxylation sites is 2. The minimum absolute atomic E-state index is 0.289. The van der Waals surface area contributed by atoms with Crippen LogP contribution in [0.25, 0.3) is 0 Å². The predicted octanol–water partition coefficient (Wildman–Crippen LogP) is 4.35. The Morgan fingerprint density at radius 3 is 2.85 bits per heavy atom. The molecule has 6 nitrogen and oxygen atoms in total. The SMILES string of the molecule is COc1ccccc1NC(=O)c1cc(C)nc(NCCC2=CCCCC2)n1. The molecule has 0 bridgehead atoms. The molecule has 1 aliphatic carbocycles. The van der Waals surface area contributed by atoms with Crippen LogP contribution in [0.3, 0.4) is 0 Å². The molecule has 0 spiro atoms. The zero-order chi connectivity index (χ0) is 19.1. The lowest BCUT2D eigenvalue weighted by atomic mass is 9.97. The number of rotatable bonds is 7. The number of carbonyl (C=O) groups excluding carboxylic acids is 1. The molecule has 6 heteroatoms. The van der Waals surface area contributed by atoms with Crippen molar-refractivity contribution in [3.8, 4) is 5.75 Å². The number of ether oxygens (including phenoxy) is 1. The molecule has 1 heterocycles. The molecular formula is C21H26N4O2. The van der Waals surface area contributed by atoms with E-state index in [0.29, 0.717) is 23.1 Å². The van der Waals surface area contributed by atoms with Crippen LogP contribution in [0.5, 0.6) is 5.75 Å². The molecule has 2 aromatic rings. The third-order valence-corrected chi connectivity index (χ3v) is 4.56. The van der Waals surface area contributed by atoms with E-state index in [9.17, 15) is 4.79 Å². The highest BCUT2D eigenvalue weighted by Crippen LogP contribution is 2.24. The summed E-state index contributed by atoms with van der Waals surface area (Å²) >= 11 is 0. The third kappa shape index (κ3) is 5.29. The van der Waals surface area contributed by atoms with E-state index in [4.69, 9.17) is 4.74 Å². The van der Waals surface area contributed by atoms with Crippen molar-refractivity contribution in [3.63, 3.8) is 0 Å². The van der Waals surface area contributed by atoms with E-state index >= 15 is 0 Å². The summed E-state index contributed by atoms with van der Waals surface area (Å²) in [6.07, 6.45) is 8.27. The van der Waals surface area contributed by atoms with Gasteiger partial charge in [0, 0.05) is 12.2 Å². The molecule has 142 valence electrons. The third-order valence-electron chi connectivity index (χ3n) is 4.56. The highest BCUT2D eigenvalue weighted by atomic mass is 16.5. The van der Waals surface area contributed by atoms with Gasteiger partial charge in [-0.05, 0) is 57.2 Å². The number of aromatic nitrogens is 2. The predicted molar refractivity (Wildman–Crippen MR) is 107 cm³/mol. The van der Waals surface area contributed by atoms with Gasteiger partial charge >= 0.3 is 0 Å². The number of amides is 1. The highest BCUT2D eigenvalue weighted by molar-refractivity contribution is 6.03. The van der Waals surface area contributed by atoms with Crippen LogP contribution in [0.1, 0.15) is 48.3 Å². The molecule has 2 N–H and O–H groups in total. The zero-order valence-electron chi connectivity index (χ0n) is 15.9. The molecule has 1 aromatic heterocycles. The molecule has 0 aliphatic heterocycles. The first kappa shape index (κ1) is 18.9. The first-order valence-electron chi connectivity index (χ1n) is 9.37. The molecule has 0 fully saturated rings. The lowest BCUT2D eigenvalue weighted by Gasteiger charge is -2.13. The van der Waals surface area contributed by atoms with Gasteiger partial charge in [0.05, 0.1) is 12.8 Å². The Bertz CT molecular complexity index is 833. The number of benzene rings is 1. The fourth-order valence-corrected chi connectivity index (χ4v) is 3.16. The van der Waals surface area contributed by atoms with Crippen molar-refractivity contribution in [2.45, 2.75) is 39.0 Å². The highest BCUT2D eigenvalue weighted by Gasteiger charge is 2.13. The molecular weight excluding hydrogens is 340 g/mol. The summed E-state index contributed by atoms with van der Waals surface area (Å²) in [5.74, 6) is 0.801. The Labute approximate surface area is 160 Å². The summed E-state index contributed by atoms with van der Waals surface area (Å²) in [6.45, 7) is 2.62. The monoisotopic (exact) mass is 366 g/mol. The van der Waals surface area contributed by atoms with E-state index in [1.807, 2.05) is 19.1 Å². The minimum atomic E-state index is -0.289. The number of aryl methyl sites for hydroxylation is 1. The molecule has 0 radical (unpaired) electrons. The van der Waals surface area contributed by atoms with Gasteiger partial charge in [-0.25, -0.2) is 9.97 Å². The lowest BCUT2D eigenvalue weighted by Crippen LogP contribution is -2.17. The van der Waals surface area contributed by atoms with E-state index in [1.54, 1.807) is 25.3 Å². The molecule has 1 aromatic carbocycles. The lowest BCUT2D eigenvalue weighted by molar-refractivity contribution is 0.102. The van der Waals surface area contributed by atoms with Gasteiger partial charge in [-0.2, -0.15) is 0 Å². The minimum Gasteiger partial charge on any atom is -0.495 e. The Hall–Kier alpha value is -2.89. The van der Waals surface area contributed by atoms with Gasteiger partial charge in [0.2, 0.25) is 5.95 Å². The second-order valence-corrected chi connectivity index (χ2v) is 6.66. The van der Waals surface area contributed by atoms with E-state index in [2.05, 4.69) is 26.7 Å². The van der Waals surface area contributed by atoms with E-state index < -0.39 is 0 Å². The molecule has 3 rings (SSSR count). The van der Waals surface area contributed by atoms with E-state index in [0.717, 1.165) is 18.7 Å². The summed E-state index contributed by atoms with van der Waals surface area (Å²) in [7, 11) is 1.57. The van der Waals surface area contributed by atoms with Gasteiger partial charge in [0.1, 0.15) is 11.4 Å². The fourth-order valence-electron chi connectivity index (χ4n) is 3.16. The van der Waals surface area contributed by atoms with Crippen LogP contribution in [0, 0.1) is 6.92 Å². The Morgan fingerprint density at radius 2 is 2.07 bits per heavy atom. The molecule has 0 saturated carbocycles. The Balaban J connectivity index is 1.65. The summed E-state index contributed by atoms with van der Waals surface area (Å²) < 4.78 is 5.28. The summed E-state index contributed by atoms with van der Waals surface area (Å²) in [6, 6.07) is 8.97. The first-order valence-corrected chi connectivity index (χ1v) is 9.37. The number of methoxy groups -OCH3 is 1. The maximum Gasteiger partial charge on any atom is 0.274 e. The number of nitrogens with zero attached hydrogens (tertiary/aromatic N) is 2. The van der Waals surface area contributed by atoms with E-state index in [-0.39, 0.29) is 5.91 Å². The van der Waals surface area contributed by atoms with Crippen LogP contribution in [0.15, 0.2) is 42.0 Å². The smallest absolute Gasteiger partial charge is 0.274 e. The van der Waals surface area contributed by atoms with Crippen molar-refractivity contribution >= 4 is 17.5 Å². The number of nitrogens with one attached hydrogen (secondary N) is 2. The number of carbonyl (C=O) groups is 1. The summed E-state index contributed by atoms with van der Waals surface area (Å²) in [5, 5.41) is 6.10. The normalized spacial score (nSPS) is 13.6. The van der Waals surface area contributed by atoms with Crippen molar-refractivity contribution in [3.05, 3.63) is 53.4 Å². The number of allylic oxidation sites excluding steroid dienone is 1. The number of anilines is 2. The standard InChI is InChI=1S/C21H26N4O2/c1-15-14-18(20(26)24-17-10-6-7-11-19(17)27-2)25-21(23-15)22-13-12-16-8-4-3-5-9-16/h6-8,10-11,14H,3-5,9,12-13H2,1-2H3,(H,24,26)(H,22,23,25). The quantitative estimate of drug-likeness (QED) is 0.713. The van der Waals surface area contributed by atoms with E-state index in [1.165, 1.54) is 31.3 Å². The maximum absolute atomic E-state index is 12.6. The van der Waals surface area contributed by atoms with Crippen LogP contribution >= 0.6 is 0 Å². The molecule has 0 unspecified atom stereocenters. The van der Waals surface area contributed by atoms with Gasteiger partial charge in [-0.3, -0.25) is 4.79 Å². The first-order chi connectivity index (χ1) is 13.2. The zero-order valence-corrected chi connectivity index (χ0v) is 15.9.